The quantitative estimate of drug-likeness (QED) is 0.541. The molecule has 1 saturated heterocycles. The van der Waals surface area contributed by atoms with Gasteiger partial charge in [0.05, 0.1) is 28.9 Å². The number of rotatable bonds is 8. The minimum Gasteiger partial charge on any atom is -0.468 e. The van der Waals surface area contributed by atoms with Crippen molar-refractivity contribution >= 4 is 34.8 Å². The minimum atomic E-state index is -0.529. The van der Waals surface area contributed by atoms with E-state index >= 15 is 0 Å². The van der Waals surface area contributed by atoms with Gasteiger partial charge < -0.3 is 19.7 Å². The molecule has 2 aliphatic rings. The lowest BCUT2D eigenvalue weighted by molar-refractivity contribution is -0.143. The molecule has 1 aliphatic carbocycles. The van der Waals surface area contributed by atoms with Crippen LogP contribution >= 0.6 is 11.6 Å². The van der Waals surface area contributed by atoms with Crippen LogP contribution in [0.5, 0.6) is 0 Å². The Morgan fingerprint density at radius 1 is 1.28 bits per heavy atom. The summed E-state index contributed by atoms with van der Waals surface area (Å²) >= 11 is 6.04. The minimum absolute atomic E-state index is 0.163. The Labute approximate surface area is 195 Å². The van der Waals surface area contributed by atoms with E-state index < -0.39 is 5.41 Å². The highest BCUT2D eigenvalue weighted by atomic mass is 35.5. The molecule has 1 aromatic heterocycles. The number of methoxy groups -OCH3 is 1. The van der Waals surface area contributed by atoms with E-state index in [0.717, 1.165) is 62.4 Å². The van der Waals surface area contributed by atoms with E-state index in [1.165, 1.54) is 7.11 Å². The fourth-order valence-electron chi connectivity index (χ4n) is 4.54. The first-order valence-corrected chi connectivity index (χ1v) is 11.8. The number of nitrogens with zero attached hydrogens (tertiary/aromatic N) is 2. The Kier molecular flexibility index (Phi) is 6.91. The predicted octanol–water partition coefficient (Wildman–Crippen LogP) is 5.32. The molecule has 1 N–H and O–H groups in total. The molecule has 1 aromatic carbocycles. The maximum Gasteiger partial charge on any atom is 0.316 e. The van der Waals surface area contributed by atoms with Gasteiger partial charge in [-0.2, -0.15) is 0 Å². The third-order valence-corrected chi connectivity index (χ3v) is 6.59. The zero-order chi connectivity index (χ0) is 22.7. The standard InChI is InChI=1S/C25H32ClN3O3/c1-17(2)16-29(20-8-12-32-13-9-20)22-6-4-18(25(10-11-25)24(30)31-3)14-21(22)28-23-7-5-19(26)15-27-23/h4-7,14-15,17,20H,8-13,16H2,1-3H3,(H,27,28). The molecule has 2 heterocycles. The topological polar surface area (TPSA) is 63.7 Å². The molecule has 0 spiro atoms. The zero-order valence-corrected chi connectivity index (χ0v) is 19.8. The second-order valence-corrected chi connectivity index (χ2v) is 9.62. The summed E-state index contributed by atoms with van der Waals surface area (Å²) in [7, 11) is 1.46. The first-order chi connectivity index (χ1) is 15.4. The number of carbonyl (C=O) groups is 1. The smallest absolute Gasteiger partial charge is 0.316 e. The van der Waals surface area contributed by atoms with E-state index in [-0.39, 0.29) is 5.97 Å². The number of pyridine rings is 1. The Hall–Kier alpha value is -2.31. The average Bonchev–Trinajstić information content (AvgIpc) is 3.61. The molecule has 0 bridgehead atoms. The second-order valence-electron chi connectivity index (χ2n) is 9.18. The van der Waals surface area contributed by atoms with Crippen LogP contribution < -0.4 is 10.2 Å². The molecule has 2 fully saturated rings. The van der Waals surface area contributed by atoms with Gasteiger partial charge in [0.1, 0.15) is 5.82 Å². The lowest BCUT2D eigenvalue weighted by atomic mass is 9.94. The van der Waals surface area contributed by atoms with Crippen molar-refractivity contribution in [3.63, 3.8) is 0 Å². The molecule has 1 aliphatic heterocycles. The summed E-state index contributed by atoms with van der Waals surface area (Å²) in [6.07, 6.45) is 5.26. The fourth-order valence-corrected chi connectivity index (χ4v) is 4.65. The maximum atomic E-state index is 12.5. The molecular formula is C25H32ClN3O3. The number of benzene rings is 1. The van der Waals surface area contributed by atoms with Crippen molar-refractivity contribution in [2.75, 3.05) is 37.1 Å². The summed E-state index contributed by atoms with van der Waals surface area (Å²) in [6.45, 7) is 6.99. The monoisotopic (exact) mass is 457 g/mol. The lowest BCUT2D eigenvalue weighted by Gasteiger charge is -2.38. The molecule has 7 heteroatoms. The van der Waals surface area contributed by atoms with Crippen molar-refractivity contribution in [3.05, 3.63) is 47.1 Å². The van der Waals surface area contributed by atoms with Crippen LogP contribution in [-0.2, 0) is 19.7 Å². The molecule has 2 aromatic rings. The van der Waals surface area contributed by atoms with Crippen LogP contribution in [-0.4, -0.2) is 43.9 Å². The zero-order valence-electron chi connectivity index (χ0n) is 19.1. The third kappa shape index (κ3) is 4.86. The van der Waals surface area contributed by atoms with Crippen LogP contribution in [0.2, 0.25) is 5.02 Å². The van der Waals surface area contributed by atoms with Crippen LogP contribution in [0.3, 0.4) is 0 Å². The second kappa shape index (κ2) is 9.67. The first-order valence-electron chi connectivity index (χ1n) is 11.4. The maximum absolute atomic E-state index is 12.5. The number of ether oxygens (including phenoxy) is 2. The molecule has 1 saturated carbocycles. The third-order valence-electron chi connectivity index (χ3n) is 6.37. The molecule has 172 valence electrons. The Bertz CT molecular complexity index is 938. The Morgan fingerprint density at radius 2 is 2.03 bits per heavy atom. The van der Waals surface area contributed by atoms with Crippen molar-refractivity contribution in [1.29, 1.82) is 0 Å². The van der Waals surface area contributed by atoms with E-state index in [4.69, 9.17) is 21.1 Å². The van der Waals surface area contributed by atoms with Gasteiger partial charge in [-0.25, -0.2) is 4.98 Å². The van der Waals surface area contributed by atoms with Crippen LogP contribution in [0.4, 0.5) is 17.2 Å². The van der Waals surface area contributed by atoms with Gasteiger partial charge >= 0.3 is 5.97 Å². The molecular weight excluding hydrogens is 426 g/mol. The van der Waals surface area contributed by atoms with E-state index in [1.807, 2.05) is 12.1 Å². The highest BCUT2D eigenvalue weighted by Crippen LogP contribution is 2.50. The van der Waals surface area contributed by atoms with Crippen LogP contribution in [0.1, 0.15) is 45.1 Å². The normalized spacial score (nSPS) is 17.8. The van der Waals surface area contributed by atoms with E-state index in [0.29, 0.717) is 22.8 Å². The van der Waals surface area contributed by atoms with Crippen molar-refractivity contribution in [2.24, 2.45) is 5.92 Å². The largest absolute Gasteiger partial charge is 0.468 e. The van der Waals surface area contributed by atoms with Crippen molar-refractivity contribution in [1.82, 2.24) is 4.98 Å². The van der Waals surface area contributed by atoms with Gasteiger partial charge in [-0.15, -0.1) is 0 Å². The highest BCUT2D eigenvalue weighted by molar-refractivity contribution is 6.30. The molecule has 0 atom stereocenters. The van der Waals surface area contributed by atoms with Gasteiger partial charge in [-0.1, -0.05) is 31.5 Å². The Balaban J connectivity index is 1.75. The molecule has 6 nitrogen and oxygen atoms in total. The van der Waals surface area contributed by atoms with Crippen molar-refractivity contribution < 1.29 is 14.3 Å². The molecule has 0 amide bonds. The van der Waals surface area contributed by atoms with Crippen LogP contribution in [0.25, 0.3) is 0 Å². The SMILES string of the molecule is COC(=O)C1(c2ccc(N(CC(C)C)C3CCOCC3)c(Nc3ccc(Cl)cn3)c2)CC1. The number of nitrogens with one attached hydrogen (secondary N) is 1. The summed E-state index contributed by atoms with van der Waals surface area (Å²) in [5.41, 5.74) is 2.52. The summed E-state index contributed by atoms with van der Waals surface area (Å²) in [5.74, 6) is 1.06. The summed E-state index contributed by atoms with van der Waals surface area (Å²) in [6, 6.07) is 10.4. The number of hydrogen-bond acceptors (Lipinski definition) is 6. The summed E-state index contributed by atoms with van der Waals surface area (Å²) in [4.78, 5) is 19.4. The van der Waals surface area contributed by atoms with Crippen molar-refractivity contribution in [2.45, 2.75) is 51.0 Å². The van der Waals surface area contributed by atoms with Gasteiger partial charge in [0.2, 0.25) is 0 Å². The number of anilines is 3. The van der Waals surface area contributed by atoms with Crippen LogP contribution in [0.15, 0.2) is 36.5 Å². The Morgan fingerprint density at radius 3 is 2.62 bits per heavy atom. The van der Waals surface area contributed by atoms with Gasteiger partial charge in [0.25, 0.3) is 0 Å². The van der Waals surface area contributed by atoms with Gasteiger partial charge in [0, 0.05) is 32.0 Å². The van der Waals surface area contributed by atoms with Crippen molar-refractivity contribution in [3.8, 4) is 0 Å². The molecule has 4 rings (SSSR count). The molecule has 0 radical (unpaired) electrons. The van der Waals surface area contributed by atoms with Gasteiger partial charge in [-0.3, -0.25) is 4.79 Å². The summed E-state index contributed by atoms with van der Waals surface area (Å²) in [5, 5.41) is 4.09. The molecule has 32 heavy (non-hydrogen) atoms. The highest BCUT2D eigenvalue weighted by Gasteiger charge is 2.52. The number of esters is 1. The first kappa shape index (κ1) is 22.9. The number of carbonyl (C=O) groups excluding carboxylic acids is 1. The van der Waals surface area contributed by atoms with E-state index in [1.54, 1.807) is 6.20 Å². The number of halogens is 1. The van der Waals surface area contributed by atoms with E-state index in [2.05, 4.69) is 47.2 Å². The van der Waals surface area contributed by atoms with Crippen LogP contribution in [0, 0.1) is 5.92 Å². The fraction of sp³-hybridized carbons (Fsp3) is 0.520. The number of hydrogen-bond donors (Lipinski definition) is 1. The molecule has 0 unspecified atom stereocenters. The van der Waals surface area contributed by atoms with Gasteiger partial charge in [0.15, 0.2) is 0 Å². The lowest BCUT2D eigenvalue weighted by Crippen LogP contribution is -2.42. The van der Waals surface area contributed by atoms with Gasteiger partial charge in [-0.05, 0) is 61.4 Å². The predicted molar refractivity (Wildman–Crippen MR) is 128 cm³/mol. The summed E-state index contributed by atoms with van der Waals surface area (Å²) < 4.78 is 10.7. The van der Waals surface area contributed by atoms with E-state index in [9.17, 15) is 4.79 Å². The average molecular weight is 458 g/mol. The number of aromatic nitrogens is 1.